The highest BCUT2D eigenvalue weighted by molar-refractivity contribution is 5.80. The first-order valence-corrected chi connectivity index (χ1v) is 9.50. The van der Waals surface area contributed by atoms with E-state index in [2.05, 4.69) is 20.2 Å². The Morgan fingerprint density at radius 2 is 1.37 bits per heavy atom. The van der Waals surface area contributed by atoms with E-state index >= 15 is 0 Å². The van der Waals surface area contributed by atoms with Crippen molar-refractivity contribution < 1.29 is 37.2 Å². The third kappa shape index (κ3) is 4.11. The summed E-state index contributed by atoms with van der Waals surface area (Å²) in [4.78, 5) is 0. The van der Waals surface area contributed by atoms with E-state index in [1.165, 1.54) is 25.0 Å². The van der Waals surface area contributed by atoms with Crippen LogP contribution in [0.1, 0.15) is 36.8 Å². The number of hydrogen-bond donors (Lipinski definition) is 0. The third-order valence-corrected chi connectivity index (χ3v) is 6.54. The van der Waals surface area contributed by atoms with Gasteiger partial charge in [-0.05, 0) is 46.9 Å². The van der Waals surface area contributed by atoms with Gasteiger partial charge in [0.25, 0.3) is 0 Å². The number of allylic oxidation sites excluding steroid dienone is 1. The minimum Gasteiger partial charge on any atom is -1.00 e. The molecule has 0 amide bonds. The van der Waals surface area contributed by atoms with Crippen molar-refractivity contribution in [1.82, 2.24) is 0 Å². The second kappa shape index (κ2) is 8.00. The highest BCUT2D eigenvalue weighted by Gasteiger charge is 2.48. The third-order valence-electron chi connectivity index (χ3n) is 6.54. The molecule has 1 nitrogen and oxygen atoms in total. The van der Waals surface area contributed by atoms with Crippen molar-refractivity contribution in [2.75, 3.05) is 14.1 Å². The van der Waals surface area contributed by atoms with Gasteiger partial charge >= 0.3 is 0 Å². The lowest BCUT2D eigenvalue weighted by atomic mass is 9.85. The molecule has 2 saturated heterocycles. The zero-order chi connectivity index (χ0) is 18.3. The topological polar surface area (TPSA) is 0 Å². The van der Waals surface area contributed by atoms with Crippen LogP contribution in [0.15, 0.2) is 54.6 Å². The van der Waals surface area contributed by atoms with E-state index in [9.17, 15) is 8.78 Å². The summed E-state index contributed by atoms with van der Waals surface area (Å²) >= 11 is 0. The molecule has 4 rings (SSSR count). The summed E-state index contributed by atoms with van der Waals surface area (Å²) in [5.41, 5.74) is 2.59. The van der Waals surface area contributed by atoms with Gasteiger partial charge in [0.1, 0.15) is 11.6 Å². The van der Waals surface area contributed by atoms with Crippen molar-refractivity contribution in [3.05, 3.63) is 77.4 Å². The van der Waals surface area contributed by atoms with Crippen molar-refractivity contribution in [2.45, 2.75) is 37.8 Å². The predicted molar refractivity (Wildman–Crippen MR) is 102 cm³/mol. The lowest BCUT2D eigenvalue weighted by Crippen LogP contribution is -3.00. The first-order valence-electron chi connectivity index (χ1n) is 9.50. The summed E-state index contributed by atoms with van der Waals surface area (Å²) < 4.78 is 28.8. The standard InChI is InChI=1S/C23H26F2N.HI/c1-26(2)21-9-10-22(26)12-16(11-21)13-23(17-5-3-7-19(24)14-17)18-6-4-8-20(25)15-18;/h3-8,13-16,21-22H,9-12H2,1-2H3;1H/q+1;/p-1/t21-,22-;/m0./s1. The molecule has 0 N–H and O–H groups in total. The first-order chi connectivity index (χ1) is 12.4. The van der Waals surface area contributed by atoms with Crippen LogP contribution in [0, 0.1) is 17.6 Å². The Morgan fingerprint density at radius 3 is 1.81 bits per heavy atom. The normalized spacial score (nSPS) is 25.6. The SMILES string of the molecule is C[N+]1(C)[C@H]2CC[C@H]1CC(C=C(c1cccc(F)c1)c1cccc(F)c1)C2.[I-]. The average molecular weight is 481 g/mol. The molecular weight excluding hydrogens is 455 g/mol. The number of nitrogens with zero attached hydrogens (tertiary/aromatic N) is 1. The van der Waals surface area contributed by atoms with Crippen molar-refractivity contribution in [2.24, 2.45) is 5.92 Å². The summed E-state index contributed by atoms with van der Waals surface area (Å²) in [7, 11) is 4.70. The Hall–Kier alpha value is -1.27. The monoisotopic (exact) mass is 481 g/mol. The Kier molecular flexibility index (Phi) is 6.06. The summed E-state index contributed by atoms with van der Waals surface area (Å²) in [6, 6.07) is 14.7. The van der Waals surface area contributed by atoms with Gasteiger partial charge in [-0.2, -0.15) is 0 Å². The van der Waals surface area contributed by atoms with Crippen LogP contribution >= 0.6 is 0 Å². The molecule has 0 aromatic heterocycles. The minimum atomic E-state index is -0.258. The van der Waals surface area contributed by atoms with E-state index in [-0.39, 0.29) is 35.6 Å². The van der Waals surface area contributed by atoms with E-state index in [0.29, 0.717) is 18.0 Å². The molecule has 2 heterocycles. The van der Waals surface area contributed by atoms with Crippen molar-refractivity contribution in [1.29, 1.82) is 0 Å². The van der Waals surface area contributed by atoms with E-state index in [4.69, 9.17) is 0 Å². The van der Waals surface area contributed by atoms with Gasteiger partial charge in [0.05, 0.1) is 26.2 Å². The number of fused-ring (bicyclic) bond motifs is 2. The molecule has 2 atom stereocenters. The van der Waals surface area contributed by atoms with E-state index in [1.807, 2.05) is 12.1 Å². The van der Waals surface area contributed by atoms with Gasteiger partial charge in [-0.15, -0.1) is 0 Å². The Labute approximate surface area is 177 Å². The van der Waals surface area contributed by atoms with Gasteiger partial charge in [0.2, 0.25) is 0 Å². The lowest BCUT2D eigenvalue weighted by molar-refractivity contribution is -0.931. The molecule has 0 unspecified atom stereocenters. The van der Waals surface area contributed by atoms with Gasteiger partial charge in [0.15, 0.2) is 0 Å². The highest BCUT2D eigenvalue weighted by Crippen LogP contribution is 2.43. The molecule has 144 valence electrons. The lowest BCUT2D eigenvalue weighted by Gasteiger charge is -2.44. The molecule has 2 aromatic carbocycles. The molecule has 0 aliphatic carbocycles. The zero-order valence-electron chi connectivity index (χ0n) is 15.8. The van der Waals surface area contributed by atoms with Crippen LogP contribution in [-0.4, -0.2) is 30.7 Å². The van der Waals surface area contributed by atoms with Crippen LogP contribution in [0.25, 0.3) is 5.57 Å². The zero-order valence-corrected chi connectivity index (χ0v) is 18.0. The van der Waals surface area contributed by atoms with Gasteiger partial charge in [0, 0.05) is 25.7 Å². The molecule has 2 aliphatic heterocycles. The number of piperidine rings is 1. The van der Waals surface area contributed by atoms with Crippen LogP contribution < -0.4 is 24.0 Å². The Bertz CT molecular complexity index is 782. The minimum absolute atomic E-state index is 0. The fourth-order valence-corrected chi connectivity index (χ4v) is 4.97. The summed E-state index contributed by atoms with van der Waals surface area (Å²) in [5, 5.41) is 0. The number of quaternary nitrogens is 1. The molecule has 0 saturated carbocycles. The van der Waals surface area contributed by atoms with Crippen LogP contribution in [0.3, 0.4) is 0 Å². The number of halogens is 3. The highest BCUT2D eigenvalue weighted by atomic mass is 127. The molecular formula is C23H26F2IN. The van der Waals surface area contributed by atoms with Crippen molar-refractivity contribution in [3.8, 4) is 0 Å². The number of benzene rings is 2. The fourth-order valence-electron chi connectivity index (χ4n) is 4.97. The molecule has 0 spiro atoms. The van der Waals surface area contributed by atoms with Crippen LogP contribution in [0.4, 0.5) is 8.78 Å². The molecule has 0 radical (unpaired) electrons. The summed E-state index contributed by atoms with van der Waals surface area (Å²) in [6.07, 6.45) is 7.15. The maximum absolute atomic E-state index is 13.8. The van der Waals surface area contributed by atoms with Gasteiger partial charge < -0.3 is 28.5 Å². The molecule has 2 aliphatic rings. The van der Waals surface area contributed by atoms with Gasteiger partial charge in [-0.25, -0.2) is 8.78 Å². The van der Waals surface area contributed by atoms with Crippen LogP contribution in [-0.2, 0) is 0 Å². The smallest absolute Gasteiger partial charge is 0.123 e. The van der Waals surface area contributed by atoms with E-state index < -0.39 is 0 Å². The molecule has 27 heavy (non-hydrogen) atoms. The second-order valence-electron chi connectivity index (χ2n) is 8.35. The number of rotatable bonds is 3. The van der Waals surface area contributed by atoms with Gasteiger partial charge in [-0.1, -0.05) is 30.3 Å². The maximum Gasteiger partial charge on any atom is 0.123 e. The maximum atomic E-state index is 13.8. The van der Waals surface area contributed by atoms with Crippen LogP contribution in [0.5, 0.6) is 0 Å². The largest absolute Gasteiger partial charge is 1.00 e. The second-order valence-corrected chi connectivity index (χ2v) is 8.35. The molecule has 2 bridgehead atoms. The molecule has 2 aromatic rings. The summed E-state index contributed by atoms with van der Waals surface area (Å²) in [5.74, 6) is -0.0576. The number of hydrogen-bond acceptors (Lipinski definition) is 0. The van der Waals surface area contributed by atoms with Crippen molar-refractivity contribution >= 4 is 5.57 Å². The molecule has 2 fully saturated rings. The average Bonchev–Trinajstić information content (AvgIpc) is 2.77. The van der Waals surface area contributed by atoms with Gasteiger partial charge in [-0.3, -0.25) is 0 Å². The summed E-state index contributed by atoms with van der Waals surface area (Å²) in [6.45, 7) is 0. The predicted octanol–water partition coefficient (Wildman–Crippen LogP) is 2.42. The molecule has 4 heteroatoms. The first kappa shape index (κ1) is 20.5. The van der Waals surface area contributed by atoms with Crippen LogP contribution in [0.2, 0.25) is 0 Å². The van der Waals surface area contributed by atoms with Crippen molar-refractivity contribution in [3.63, 3.8) is 0 Å². The fraction of sp³-hybridized carbons (Fsp3) is 0.391. The Balaban J connectivity index is 0.00000210. The van der Waals surface area contributed by atoms with E-state index in [0.717, 1.165) is 34.0 Å². The van der Waals surface area contributed by atoms with E-state index in [1.54, 1.807) is 24.3 Å². The quantitative estimate of drug-likeness (QED) is 0.467. The Morgan fingerprint density at radius 1 is 0.889 bits per heavy atom.